The Morgan fingerprint density at radius 3 is 2.53 bits per heavy atom. The van der Waals surface area contributed by atoms with Crippen molar-refractivity contribution in [2.24, 2.45) is 0 Å². The van der Waals surface area contributed by atoms with Gasteiger partial charge in [-0.2, -0.15) is 0 Å². The molecule has 0 radical (unpaired) electrons. The number of carbonyl (C=O) groups is 1. The summed E-state index contributed by atoms with van der Waals surface area (Å²) < 4.78 is 0. The third-order valence-corrected chi connectivity index (χ3v) is 1.53. The first kappa shape index (κ1) is 10.9. The third-order valence-electron chi connectivity index (χ3n) is 1.53. The Hall–Kier alpha value is -2.16. The molecule has 1 heterocycles. The van der Waals surface area contributed by atoms with Crippen molar-refractivity contribution in [2.75, 3.05) is 0 Å². The zero-order valence-corrected chi connectivity index (χ0v) is 8.21. The molecule has 0 saturated carbocycles. The molecule has 0 spiro atoms. The van der Waals surface area contributed by atoms with Crippen LogP contribution in [0.25, 0.3) is 0 Å². The second-order valence-corrected chi connectivity index (χ2v) is 2.64. The number of hydrogen-bond donors (Lipinski definition) is 1. The molecule has 0 saturated heterocycles. The number of H-pyrrole nitrogens is 1. The summed E-state index contributed by atoms with van der Waals surface area (Å²) in [4.78, 5) is 17.4. The van der Waals surface area contributed by atoms with Gasteiger partial charge in [-0.05, 0) is 12.1 Å². The van der Waals surface area contributed by atoms with Crippen LogP contribution in [0.1, 0.15) is 10.5 Å². The number of nitrogens with one attached hydrogen (secondary N) is 1. The highest BCUT2D eigenvalue weighted by molar-refractivity contribution is 5.70. The van der Waals surface area contributed by atoms with Gasteiger partial charge in [0, 0.05) is 18.6 Å². The minimum atomic E-state index is 0.380. The van der Waals surface area contributed by atoms with Crippen molar-refractivity contribution in [2.45, 2.75) is 0 Å². The highest BCUT2D eigenvalue weighted by Crippen LogP contribution is 1.83. The second kappa shape index (κ2) is 7.26. The van der Waals surface area contributed by atoms with Crippen molar-refractivity contribution in [1.82, 2.24) is 9.97 Å². The summed E-state index contributed by atoms with van der Waals surface area (Å²) in [6, 6.07) is 12.8. The first-order valence-electron chi connectivity index (χ1n) is 4.54. The van der Waals surface area contributed by atoms with E-state index >= 15 is 0 Å². The number of aromatic amines is 1. The zero-order valence-electron chi connectivity index (χ0n) is 8.21. The highest BCUT2D eigenvalue weighted by Gasteiger charge is 1.79. The van der Waals surface area contributed by atoms with E-state index in [0.29, 0.717) is 12.0 Å². The molecule has 0 aliphatic carbocycles. The van der Waals surface area contributed by atoms with Crippen molar-refractivity contribution < 1.29 is 4.79 Å². The van der Waals surface area contributed by atoms with Gasteiger partial charge in [-0.25, -0.2) is 0 Å². The molecule has 0 aliphatic heterocycles. The lowest BCUT2D eigenvalue weighted by Gasteiger charge is -1.78. The van der Waals surface area contributed by atoms with Crippen LogP contribution in [0.5, 0.6) is 0 Å². The average molecular weight is 200 g/mol. The number of aromatic nitrogens is 2. The Morgan fingerprint density at radius 1 is 1.00 bits per heavy atom. The molecule has 3 nitrogen and oxygen atoms in total. The van der Waals surface area contributed by atoms with E-state index in [1.54, 1.807) is 24.5 Å². The van der Waals surface area contributed by atoms with Crippen LogP contribution in [0.4, 0.5) is 0 Å². The van der Waals surface area contributed by atoms with E-state index in [-0.39, 0.29) is 0 Å². The second-order valence-electron chi connectivity index (χ2n) is 2.64. The number of rotatable bonds is 1. The molecule has 15 heavy (non-hydrogen) atoms. The van der Waals surface area contributed by atoms with E-state index in [1.165, 1.54) is 6.20 Å². The lowest BCUT2D eigenvalue weighted by molar-refractivity contribution is 0.111. The molecule has 1 rings (SSSR count). The Labute approximate surface area is 88.5 Å². The van der Waals surface area contributed by atoms with Crippen molar-refractivity contribution in [3.8, 4) is 0 Å². The Morgan fingerprint density at radius 2 is 1.73 bits per heavy atom. The van der Waals surface area contributed by atoms with Gasteiger partial charge >= 0.3 is 0 Å². The van der Waals surface area contributed by atoms with Gasteiger partial charge in [-0.1, -0.05) is 30.3 Å². The summed E-state index contributed by atoms with van der Waals surface area (Å²) in [5, 5.41) is 0. The molecule has 0 aromatic carbocycles. The minimum Gasteiger partial charge on any atom is -0.366 e. The Kier molecular flexibility index (Phi) is 5.29. The zero-order chi connectivity index (χ0) is 10.8. The van der Waals surface area contributed by atoms with Gasteiger partial charge < -0.3 is 4.98 Å². The molecule has 0 amide bonds. The van der Waals surface area contributed by atoms with Crippen LogP contribution in [0.15, 0.2) is 61.1 Å². The first-order valence-corrected chi connectivity index (χ1v) is 4.54. The topological polar surface area (TPSA) is 45.8 Å². The Bertz CT molecular complexity index is 375. The van der Waals surface area contributed by atoms with Crippen LogP contribution in [0.2, 0.25) is 0 Å². The van der Waals surface area contributed by atoms with Crippen LogP contribution in [0.3, 0.4) is 0 Å². The summed E-state index contributed by atoms with van der Waals surface area (Å²) in [5.41, 5.74) is 0.380. The van der Waals surface area contributed by atoms with Gasteiger partial charge in [0.2, 0.25) is 0 Å². The van der Waals surface area contributed by atoms with E-state index in [9.17, 15) is 4.79 Å². The molecular weight excluding hydrogens is 188 g/mol. The van der Waals surface area contributed by atoms with E-state index in [1.807, 2.05) is 30.3 Å². The quantitative estimate of drug-likeness (QED) is 0.708. The number of carbonyl (C=O) groups excluding carboxylic acids is 1. The molecule has 0 unspecified atom stereocenters. The van der Waals surface area contributed by atoms with Crippen molar-refractivity contribution in [1.29, 1.82) is 0 Å². The maximum Gasteiger partial charge on any atom is 0.168 e. The normalized spacial score (nSPS) is 8.27. The predicted molar refractivity (Wildman–Crippen MR) is 59.2 cm³/mol. The SMILES string of the molecule is O=Cc1cccccccc[nH]ccn1. The smallest absolute Gasteiger partial charge is 0.168 e. The largest absolute Gasteiger partial charge is 0.366 e. The number of nitrogens with zero attached hydrogens (tertiary/aromatic N) is 1. The van der Waals surface area contributed by atoms with Crippen LogP contribution in [-0.4, -0.2) is 16.3 Å². The molecule has 1 aromatic rings. The van der Waals surface area contributed by atoms with Gasteiger partial charge in [0.1, 0.15) is 5.69 Å². The highest BCUT2D eigenvalue weighted by atomic mass is 16.1. The maximum absolute atomic E-state index is 10.6. The molecular formula is C12H12N2O. The summed E-state index contributed by atoms with van der Waals surface area (Å²) in [6.45, 7) is 0. The molecule has 0 bridgehead atoms. The molecule has 0 aliphatic rings. The average Bonchev–Trinajstić information content (AvgIpc) is 2.29. The fourth-order valence-electron chi connectivity index (χ4n) is 0.857. The van der Waals surface area contributed by atoms with E-state index in [2.05, 4.69) is 9.97 Å². The van der Waals surface area contributed by atoms with Gasteiger partial charge in [-0.15, -0.1) is 0 Å². The molecule has 76 valence electrons. The maximum atomic E-state index is 10.6. The van der Waals surface area contributed by atoms with Crippen LogP contribution < -0.4 is 0 Å². The fourth-order valence-corrected chi connectivity index (χ4v) is 0.857. The summed E-state index contributed by atoms with van der Waals surface area (Å²) in [7, 11) is 0. The standard InChI is InChI=1S/C12H12N2O/c15-11-12-7-5-3-1-2-4-6-8-13-9-10-14-12/h1-11,13H. The molecule has 0 atom stereocenters. The lowest BCUT2D eigenvalue weighted by atomic mass is 10.4. The summed E-state index contributed by atoms with van der Waals surface area (Å²) >= 11 is 0. The minimum absolute atomic E-state index is 0.380. The van der Waals surface area contributed by atoms with Crippen LogP contribution in [0, 0.1) is 0 Å². The molecule has 3 heteroatoms. The summed E-state index contributed by atoms with van der Waals surface area (Å²) in [5.74, 6) is 0. The fraction of sp³-hybridized carbons (Fsp3) is 0. The number of hydrogen-bond acceptors (Lipinski definition) is 2. The van der Waals surface area contributed by atoms with Crippen molar-refractivity contribution in [3.63, 3.8) is 0 Å². The van der Waals surface area contributed by atoms with Crippen LogP contribution >= 0.6 is 0 Å². The lowest BCUT2D eigenvalue weighted by Crippen LogP contribution is -1.78. The van der Waals surface area contributed by atoms with Gasteiger partial charge in [0.25, 0.3) is 0 Å². The van der Waals surface area contributed by atoms with Gasteiger partial charge in [-0.3, -0.25) is 9.78 Å². The molecule has 1 aromatic heterocycles. The van der Waals surface area contributed by atoms with Crippen LogP contribution in [-0.2, 0) is 0 Å². The first-order chi connectivity index (χ1) is 7.43. The van der Waals surface area contributed by atoms with Crippen molar-refractivity contribution in [3.05, 3.63) is 66.7 Å². The van der Waals surface area contributed by atoms with E-state index < -0.39 is 0 Å². The Balaban J connectivity index is 3.19. The molecule has 1 N–H and O–H groups in total. The van der Waals surface area contributed by atoms with Gasteiger partial charge in [0.05, 0.1) is 0 Å². The van der Waals surface area contributed by atoms with E-state index in [4.69, 9.17) is 0 Å². The summed E-state index contributed by atoms with van der Waals surface area (Å²) in [6.07, 6.45) is 5.65. The third kappa shape index (κ3) is 5.21. The van der Waals surface area contributed by atoms with Gasteiger partial charge in [0.15, 0.2) is 6.29 Å². The monoisotopic (exact) mass is 200 g/mol. The van der Waals surface area contributed by atoms with E-state index in [0.717, 1.165) is 0 Å². The number of aldehydes is 1. The van der Waals surface area contributed by atoms with Crippen molar-refractivity contribution >= 4 is 6.29 Å². The molecule has 0 fully saturated rings. The predicted octanol–water partition coefficient (Wildman–Crippen LogP) is 2.47.